The Morgan fingerprint density at radius 2 is 2.25 bits per heavy atom. The van der Waals surface area contributed by atoms with Crippen molar-refractivity contribution in [2.75, 3.05) is 26.4 Å². The highest BCUT2D eigenvalue weighted by molar-refractivity contribution is 7.81. The molecule has 20 heavy (non-hydrogen) atoms. The molecule has 1 heterocycles. The van der Waals surface area contributed by atoms with Crippen molar-refractivity contribution >= 4 is 18.6 Å². The van der Waals surface area contributed by atoms with Crippen molar-refractivity contribution in [2.24, 2.45) is 0 Å². The zero-order valence-electron chi connectivity index (χ0n) is 11.8. The molecule has 1 aliphatic heterocycles. The van der Waals surface area contributed by atoms with Gasteiger partial charge in [-0.3, -0.25) is 0 Å². The lowest BCUT2D eigenvalue weighted by Crippen LogP contribution is -2.31. The van der Waals surface area contributed by atoms with Gasteiger partial charge in [-0.2, -0.15) is 0 Å². The molecule has 118 valence electrons. The van der Waals surface area contributed by atoms with Gasteiger partial charge in [0.05, 0.1) is 12.7 Å². The van der Waals surface area contributed by atoms with Crippen LogP contribution in [0.25, 0.3) is 0 Å². The van der Waals surface area contributed by atoms with E-state index in [9.17, 15) is 9.90 Å². The van der Waals surface area contributed by atoms with Crippen molar-refractivity contribution in [3.05, 3.63) is 0 Å². The van der Waals surface area contributed by atoms with Crippen LogP contribution in [0.3, 0.4) is 0 Å². The summed E-state index contributed by atoms with van der Waals surface area (Å²) in [6.07, 6.45) is 2.27. The molecule has 1 aliphatic rings. The first kappa shape index (κ1) is 17.7. The molecule has 3 atom stereocenters. The highest BCUT2D eigenvalue weighted by atomic mass is 32.1. The molecule has 7 heteroatoms. The number of aliphatic hydroxyl groups excluding tert-OH is 1. The van der Waals surface area contributed by atoms with Crippen LogP contribution in [0.15, 0.2) is 0 Å². The average Bonchev–Trinajstić information content (AvgIpc) is 2.44. The summed E-state index contributed by atoms with van der Waals surface area (Å²) in [5.41, 5.74) is -1.10. The Morgan fingerprint density at radius 1 is 1.45 bits per heavy atom. The third-order valence-electron chi connectivity index (χ3n) is 2.90. The molecule has 0 aromatic rings. The molecule has 1 rings (SSSR count). The third-order valence-corrected chi connectivity index (χ3v) is 3.23. The van der Waals surface area contributed by atoms with Crippen LogP contribution in [0.5, 0.6) is 0 Å². The average molecular weight is 308 g/mol. The van der Waals surface area contributed by atoms with E-state index in [1.54, 1.807) is 0 Å². The molecular formula is C13H24O6S. The van der Waals surface area contributed by atoms with Gasteiger partial charge in [-0.1, -0.05) is 0 Å². The number of ether oxygens (including phenoxy) is 4. The lowest BCUT2D eigenvalue weighted by molar-refractivity contribution is -0.175. The molecule has 6 nitrogen and oxygen atoms in total. The Hall–Kier alpha value is -0.340. The smallest absolute Gasteiger partial charge is 0.345 e. The van der Waals surface area contributed by atoms with E-state index in [1.807, 2.05) is 6.92 Å². The van der Waals surface area contributed by atoms with Gasteiger partial charge in [-0.05, 0) is 26.2 Å². The summed E-state index contributed by atoms with van der Waals surface area (Å²) < 4.78 is 20.5. The van der Waals surface area contributed by atoms with E-state index in [1.165, 1.54) is 0 Å². The standard InChI is InChI=1S/C13H24O6S/c1-2-16-7-8-18-12(15)13(20)19-11(14)9-10-5-3-4-6-17-10/h10-11,13-14,20H,2-9H2,1H3. The molecule has 0 amide bonds. The fraction of sp³-hybridized carbons (Fsp3) is 0.923. The Bertz CT molecular complexity index is 270. The number of esters is 1. The van der Waals surface area contributed by atoms with Gasteiger partial charge in [-0.15, -0.1) is 12.6 Å². The molecule has 0 aromatic heterocycles. The van der Waals surface area contributed by atoms with Gasteiger partial charge in [0.15, 0.2) is 6.29 Å². The maximum atomic E-state index is 11.5. The minimum atomic E-state index is -1.10. The Labute approximate surface area is 125 Å². The Morgan fingerprint density at radius 3 is 2.90 bits per heavy atom. The largest absolute Gasteiger partial charge is 0.461 e. The number of hydrogen-bond donors (Lipinski definition) is 2. The molecule has 0 spiro atoms. The Kier molecular flexibility index (Phi) is 9.21. The molecule has 1 N–H and O–H groups in total. The van der Waals surface area contributed by atoms with Gasteiger partial charge < -0.3 is 24.1 Å². The predicted octanol–water partition coefficient (Wildman–Crippen LogP) is 1.12. The zero-order valence-corrected chi connectivity index (χ0v) is 12.7. The summed E-state index contributed by atoms with van der Waals surface area (Å²) in [7, 11) is 0. The van der Waals surface area contributed by atoms with Gasteiger partial charge in [0, 0.05) is 19.6 Å². The van der Waals surface area contributed by atoms with Gasteiger partial charge in [0.25, 0.3) is 0 Å². The molecule has 0 saturated carbocycles. The summed E-state index contributed by atoms with van der Waals surface area (Å²) in [4.78, 5) is 11.5. The number of carbonyl (C=O) groups excluding carboxylic acids is 1. The summed E-state index contributed by atoms with van der Waals surface area (Å²) in [6, 6.07) is 0. The monoisotopic (exact) mass is 308 g/mol. The van der Waals surface area contributed by atoms with Crippen molar-refractivity contribution in [1.82, 2.24) is 0 Å². The van der Waals surface area contributed by atoms with Crippen LogP contribution in [-0.2, 0) is 23.7 Å². The highest BCUT2D eigenvalue weighted by Crippen LogP contribution is 2.18. The van der Waals surface area contributed by atoms with Crippen LogP contribution in [0.2, 0.25) is 0 Å². The molecule has 0 bridgehead atoms. The van der Waals surface area contributed by atoms with E-state index < -0.39 is 17.7 Å². The van der Waals surface area contributed by atoms with E-state index in [4.69, 9.17) is 18.9 Å². The number of hydrogen-bond acceptors (Lipinski definition) is 7. The first-order valence-corrected chi connectivity index (χ1v) is 7.52. The first-order valence-electron chi connectivity index (χ1n) is 7.01. The summed E-state index contributed by atoms with van der Waals surface area (Å²) in [5, 5.41) is 9.75. The van der Waals surface area contributed by atoms with Gasteiger partial charge in [0.1, 0.15) is 6.61 Å². The highest BCUT2D eigenvalue weighted by Gasteiger charge is 2.24. The van der Waals surface area contributed by atoms with Gasteiger partial charge in [-0.25, -0.2) is 4.79 Å². The minimum Gasteiger partial charge on any atom is -0.461 e. The fourth-order valence-electron chi connectivity index (χ4n) is 1.89. The van der Waals surface area contributed by atoms with Crippen molar-refractivity contribution in [3.63, 3.8) is 0 Å². The number of thiol groups is 1. The van der Waals surface area contributed by atoms with Crippen LogP contribution < -0.4 is 0 Å². The van der Waals surface area contributed by atoms with Gasteiger partial charge in [0.2, 0.25) is 5.44 Å². The molecule has 0 radical (unpaired) electrons. The Balaban J connectivity index is 2.15. The maximum Gasteiger partial charge on any atom is 0.345 e. The van der Waals surface area contributed by atoms with Crippen LogP contribution in [-0.4, -0.2) is 55.3 Å². The van der Waals surface area contributed by atoms with E-state index in [2.05, 4.69) is 12.6 Å². The quantitative estimate of drug-likeness (QED) is 0.288. The van der Waals surface area contributed by atoms with E-state index in [-0.39, 0.29) is 12.7 Å². The molecule has 3 unspecified atom stereocenters. The van der Waals surface area contributed by atoms with E-state index in [0.717, 1.165) is 19.3 Å². The molecule has 1 saturated heterocycles. The second-order valence-electron chi connectivity index (χ2n) is 4.53. The van der Waals surface area contributed by atoms with Crippen LogP contribution >= 0.6 is 12.6 Å². The summed E-state index contributed by atoms with van der Waals surface area (Å²) >= 11 is 3.97. The molecule has 0 aromatic carbocycles. The van der Waals surface area contributed by atoms with Crippen LogP contribution in [0.4, 0.5) is 0 Å². The van der Waals surface area contributed by atoms with Crippen molar-refractivity contribution in [3.8, 4) is 0 Å². The van der Waals surface area contributed by atoms with Crippen molar-refractivity contribution in [1.29, 1.82) is 0 Å². The minimum absolute atomic E-state index is 0.0201. The summed E-state index contributed by atoms with van der Waals surface area (Å²) in [6.45, 7) is 3.62. The normalized spacial score (nSPS) is 22.2. The SMILES string of the molecule is CCOCCOC(=O)C(S)OC(O)CC1CCCCO1. The number of rotatable bonds is 9. The van der Waals surface area contributed by atoms with Crippen molar-refractivity contribution in [2.45, 2.75) is 50.4 Å². The number of carbonyl (C=O) groups is 1. The second kappa shape index (κ2) is 10.4. The van der Waals surface area contributed by atoms with Crippen LogP contribution in [0.1, 0.15) is 32.6 Å². The lowest BCUT2D eigenvalue weighted by atomic mass is 10.1. The van der Waals surface area contributed by atoms with E-state index in [0.29, 0.717) is 26.2 Å². The van der Waals surface area contributed by atoms with Gasteiger partial charge >= 0.3 is 5.97 Å². The predicted molar refractivity (Wildman–Crippen MR) is 75.5 cm³/mol. The molecular weight excluding hydrogens is 284 g/mol. The topological polar surface area (TPSA) is 74.2 Å². The maximum absolute atomic E-state index is 11.5. The molecule has 1 fully saturated rings. The zero-order chi connectivity index (χ0) is 14.8. The van der Waals surface area contributed by atoms with Crippen molar-refractivity contribution < 1.29 is 28.8 Å². The summed E-state index contributed by atoms with van der Waals surface area (Å²) in [5.74, 6) is -0.628. The lowest BCUT2D eigenvalue weighted by Gasteiger charge is -2.25. The van der Waals surface area contributed by atoms with Crippen LogP contribution in [0, 0.1) is 0 Å². The molecule has 0 aliphatic carbocycles. The number of aliphatic hydroxyl groups is 1. The first-order chi connectivity index (χ1) is 9.63. The fourth-order valence-corrected chi connectivity index (χ4v) is 2.11. The van der Waals surface area contributed by atoms with E-state index >= 15 is 0 Å². The second-order valence-corrected chi connectivity index (χ2v) is 5.00. The third kappa shape index (κ3) is 7.44.